The summed E-state index contributed by atoms with van der Waals surface area (Å²) in [6, 6.07) is 7.54. The molecule has 78 valence electrons. The van der Waals surface area contributed by atoms with E-state index in [0.717, 1.165) is 11.3 Å². The molecule has 0 fully saturated rings. The molecule has 0 spiro atoms. The number of hydrazone groups is 1. The number of amides is 1. The largest absolute Gasteiger partial charge is 0.272 e. The SMILES string of the molecule is CC1=NNC(=O)[C@H]1Cc1cccc(Cl)c1. The predicted octanol–water partition coefficient (Wildman–Crippen LogP) is 2.00. The fourth-order valence-corrected chi connectivity index (χ4v) is 1.84. The lowest BCUT2D eigenvalue weighted by Crippen LogP contribution is -2.24. The van der Waals surface area contributed by atoms with Crippen molar-refractivity contribution < 1.29 is 4.79 Å². The summed E-state index contributed by atoms with van der Waals surface area (Å²) in [5.41, 5.74) is 4.36. The summed E-state index contributed by atoms with van der Waals surface area (Å²) in [5, 5.41) is 4.60. The quantitative estimate of drug-likeness (QED) is 0.817. The van der Waals surface area contributed by atoms with Gasteiger partial charge in [-0.2, -0.15) is 5.10 Å². The number of nitrogens with one attached hydrogen (secondary N) is 1. The summed E-state index contributed by atoms with van der Waals surface area (Å²) in [6.07, 6.45) is 0.654. The van der Waals surface area contributed by atoms with E-state index in [4.69, 9.17) is 11.6 Å². The van der Waals surface area contributed by atoms with Crippen molar-refractivity contribution in [2.75, 3.05) is 0 Å². The Labute approximate surface area is 93.1 Å². The molecule has 1 atom stereocenters. The summed E-state index contributed by atoms with van der Waals surface area (Å²) in [6.45, 7) is 1.85. The van der Waals surface area contributed by atoms with Crippen molar-refractivity contribution in [1.82, 2.24) is 5.43 Å². The van der Waals surface area contributed by atoms with Crippen LogP contribution in [-0.2, 0) is 11.2 Å². The number of carbonyl (C=O) groups is 1. The van der Waals surface area contributed by atoms with Gasteiger partial charge in [-0.25, -0.2) is 5.43 Å². The van der Waals surface area contributed by atoms with Crippen LogP contribution in [0.5, 0.6) is 0 Å². The van der Waals surface area contributed by atoms with Crippen molar-refractivity contribution >= 4 is 23.2 Å². The number of carbonyl (C=O) groups excluding carboxylic acids is 1. The van der Waals surface area contributed by atoms with Crippen molar-refractivity contribution in [1.29, 1.82) is 0 Å². The highest BCUT2D eigenvalue weighted by Crippen LogP contribution is 2.17. The van der Waals surface area contributed by atoms with E-state index < -0.39 is 0 Å². The molecule has 1 aliphatic rings. The van der Waals surface area contributed by atoms with Crippen molar-refractivity contribution in [3.63, 3.8) is 0 Å². The molecule has 3 nitrogen and oxygen atoms in total. The first-order valence-electron chi connectivity index (χ1n) is 4.75. The molecular weight excluding hydrogens is 212 g/mol. The molecule has 0 saturated carbocycles. The van der Waals surface area contributed by atoms with E-state index in [2.05, 4.69) is 10.5 Å². The van der Waals surface area contributed by atoms with Gasteiger partial charge < -0.3 is 0 Å². The van der Waals surface area contributed by atoms with Gasteiger partial charge in [-0.05, 0) is 31.0 Å². The summed E-state index contributed by atoms with van der Waals surface area (Å²) >= 11 is 5.87. The van der Waals surface area contributed by atoms with E-state index in [-0.39, 0.29) is 11.8 Å². The standard InChI is InChI=1S/C11H11ClN2O/c1-7-10(11(15)14-13-7)6-8-3-2-4-9(12)5-8/h2-5,10H,6H2,1H3,(H,14,15)/t10-/m0/s1. The Morgan fingerprint density at radius 2 is 2.33 bits per heavy atom. The van der Waals surface area contributed by atoms with E-state index in [1.165, 1.54) is 0 Å². The minimum absolute atomic E-state index is 0.0347. The van der Waals surface area contributed by atoms with E-state index in [1.54, 1.807) is 0 Å². The van der Waals surface area contributed by atoms with Crippen LogP contribution >= 0.6 is 11.6 Å². The molecule has 1 amide bonds. The topological polar surface area (TPSA) is 41.5 Å². The molecule has 0 radical (unpaired) electrons. The van der Waals surface area contributed by atoms with E-state index in [1.807, 2.05) is 31.2 Å². The number of rotatable bonds is 2. The number of nitrogens with zero attached hydrogens (tertiary/aromatic N) is 1. The second-order valence-electron chi connectivity index (χ2n) is 3.62. The first kappa shape index (κ1) is 10.2. The Morgan fingerprint density at radius 1 is 1.53 bits per heavy atom. The van der Waals surface area contributed by atoms with Gasteiger partial charge >= 0.3 is 0 Å². The zero-order valence-corrected chi connectivity index (χ0v) is 9.08. The third kappa shape index (κ3) is 2.18. The second kappa shape index (κ2) is 4.03. The van der Waals surface area contributed by atoms with Crippen molar-refractivity contribution in [2.24, 2.45) is 11.0 Å². The van der Waals surface area contributed by atoms with Gasteiger partial charge in [0.25, 0.3) is 0 Å². The molecule has 0 unspecified atom stereocenters. The first-order chi connectivity index (χ1) is 7.16. The predicted molar refractivity (Wildman–Crippen MR) is 59.9 cm³/mol. The van der Waals surface area contributed by atoms with Gasteiger partial charge in [-0.15, -0.1) is 0 Å². The van der Waals surface area contributed by atoms with Crippen LogP contribution in [0.25, 0.3) is 0 Å². The molecule has 15 heavy (non-hydrogen) atoms. The van der Waals surface area contributed by atoms with Crippen molar-refractivity contribution in [3.05, 3.63) is 34.9 Å². The molecule has 1 N–H and O–H groups in total. The Morgan fingerprint density at radius 3 is 2.93 bits per heavy atom. The fourth-order valence-electron chi connectivity index (χ4n) is 1.63. The fraction of sp³-hybridized carbons (Fsp3) is 0.273. The highest BCUT2D eigenvalue weighted by atomic mass is 35.5. The molecule has 1 aliphatic heterocycles. The Kier molecular flexibility index (Phi) is 2.73. The average Bonchev–Trinajstić information content (AvgIpc) is 2.50. The number of hydrogen-bond acceptors (Lipinski definition) is 2. The number of halogens is 1. The first-order valence-corrected chi connectivity index (χ1v) is 5.13. The molecule has 1 heterocycles. The van der Waals surface area contributed by atoms with Crippen LogP contribution in [-0.4, -0.2) is 11.6 Å². The maximum atomic E-state index is 11.4. The highest BCUT2D eigenvalue weighted by molar-refractivity contribution is 6.30. The van der Waals surface area contributed by atoms with Gasteiger partial charge in [-0.3, -0.25) is 4.79 Å². The molecule has 0 bridgehead atoms. The minimum Gasteiger partial charge on any atom is -0.272 e. The molecule has 1 aromatic rings. The molecule has 1 aromatic carbocycles. The molecule has 4 heteroatoms. The van der Waals surface area contributed by atoms with Crippen LogP contribution < -0.4 is 5.43 Å². The van der Waals surface area contributed by atoms with Crippen LogP contribution in [0.4, 0.5) is 0 Å². The second-order valence-corrected chi connectivity index (χ2v) is 4.05. The lowest BCUT2D eigenvalue weighted by molar-refractivity contribution is -0.122. The Bertz CT molecular complexity index is 428. The third-order valence-corrected chi connectivity index (χ3v) is 2.73. The van der Waals surface area contributed by atoms with Gasteiger partial charge in [-0.1, -0.05) is 23.7 Å². The van der Waals surface area contributed by atoms with Crippen molar-refractivity contribution in [3.8, 4) is 0 Å². The minimum atomic E-state index is -0.150. The average molecular weight is 223 g/mol. The maximum Gasteiger partial charge on any atom is 0.249 e. The van der Waals surface area contributed by atoms with E-state index in [0.29, 0.717) is 11.4 Å². The van der Waals surface area contributed by atoms with Gasteiger partial charge in [0.1, 0.15) is 0 Å². The van der Waals surface area contributed by atoms with Gasteiger partial charge in [0, 0.05) is 10.7 Å². The number of benzene rings is 1. The molecular formula is C11H11ClN2O. The Balaban J connectivity index is 2.15. The summed E-state index contributed by atoms with van der Waals surface area (Å²) in [7, 11) is 0. The maximum absolute atomic E-state index is 11.4. The van der Waals surface area contributed by atoms with Crippen LogP contribution in [0, 0.1) is 5.92 Å². The normalized spacial score (nSPS) is 20.0. The van der Waals surface area contributed by atoms with Crippen LogP contribution in [0.2, 0.25) is 5.02 Å². The van der Waals surface area contributed by atoms with Gasteiger partial charge in [0.2, 0.25) is 5.91 Å². The zero-order valence-electron chi connectivity index (χ0n) is 8.33. The molecule has 2 rings (SSSR count). The summed E-state index contributed by atoms with van der Waals surface area (Å²) < 4.78 is 0. The Hall–Kier alpha value is -1.35. The molecule has 0 aromatic heterocycles. The van der Waals surface area contributed by atoms with E-state index in [9.17, 15) is 4.79 Å². The third-order valence-electron chi connectivity index (χ3n) is 2.49. The zero-order chi connectivity index (χ0) is 10.8. The molecule has 0 saturated heterocycles. The summed E-state index contributed by atoms with van der Waals surface area (Å²) in [4.78, 5) is 11.4. The lowest BCUT2D eigenvalue weighted by atomic mass is 9.96. The van der Waals surface area contributed by atoms with Crippen LogP contribution in [0.15, 0.2) is 29.4 Å². The smallest absolute Gasteiger partial charge is 0.249 e. The van der Waals surface area contributed by atoms with Crippen molar-refractivity contribution in [2.45, 2.75) is 13.3 Å². The van der Waals surface area contributed by atoms with E-state index >= 15 is 0 Å². The number of hydrogen-bond donors (Lipinski definition) is 1. The van der Waals surface area contributed by atoms with Gasteiger partial charge in [0.15, 0.2) is 0 Å². The molecule has 0 aliphatic carbocycles. The summed E-state index contributed by atoms with van der Waals surface area (Å²) in [5.74, 6) is -0.184. The highest BCUT2D eigenvalue weighted by Gasteiger charge is 2.26. The van der Waals surface area contributed by atoms with Gasteiger partial charge in [0.05, 0.1) is 5.92 Å². The van der Waals surface area contributed by atoms with Crippen LogP contribution in [0.3, 0.4) is 0 Å². The monoisotopic (exact) mass is 222 g/mol. The van der Waals surface area contributed by atoms with Crippen LogP contribution in [0.1, 0.15) is 12.5 Å². The lowest BCUT2D eigenvalue weighted by Gasteiger charge is -2.07.